The summed E-state index contributed by atoms with van der Waals surface area (Å²) in [7, 11) is 0. The van der Waals surface area contributed by atoms with E-state index in [1.165, 1.54) is 11.8 Å². The van der Waals surface area contributed by atoms with Crippen molar-refractivity contribution in [3.8, 4) is 0 Å². The van der Waals surface area contributed by atoms with Crippen LogP contribution in [-0.2, 0) is 0 Å². The van der Waals surface area contributed by atoms with Gasteiger partial charge in [0.15, 0.2) is 0 Å². The van der Waals surface area contributed by atoms with Gasteiger partial charge in [0.05, 0.1) is 16.5 Å². The monoisotopic (exact) mass is 213 g/mol. The lowest BCUT2D eigenvalue weighted by Crippen LogP contribution is -1.88. The first-order valence-electron chi connectivity index (χ1n) is 3.64. The standard InChI is InChI=1S/C6H7N5S2/c1-4(5-2-12-3-7-5)13-6-8-10-11-9-6/h2-4H,1H3,(H,8,9,10,11). The second-order valence-corrected chi connectivity index (χ2v) is 4.39. The van der Waals surface area contributed by atoms with Crippen molar-refractivity contribution in [1.29, 1.82) is 0 Å². The topological polar surface area (TPSA) is 67.3 Å². The second-order valence-electron chi connectivity index (χ2n) is 2.37. The predicted octanol–water partition coefficient (Wildman–Crippen LogP) is 1.51. The van der Waals surface area contributed by atoms with Gasteiger partial charge in [-0.05, 0) is 12.1 Å². The molecule has 0 radical (unpaired) electrons. The molecule has 0 bridgehead atoms. The molecule has 0 fully saturated rings. The Labute approximate surface area is 83.0 Å². The SMILES string of the molecule is CC(Sc1nn[nH]n1)c1cscn1. The minimum Gasteiger partial charge on any atom is -0.249 e. The highest BCUT2D eigenvalue weighted by molar-refractivity contribution is 7.99. The van der Waals surface area contributed by atoms with Crippen LogP contribution in [0.4, 0.5) is 0 Å². The van der Waals surface area contributed by atoms with E-state index in [1.807, 2.05) is 10.9 Å². The number of aromatic amines is 1. The van der Waals surface area contributed by atoms with Crippen LogP contribution in [0.25, 0.3) is 0 Å². The van der Waals surface area contributed by atoms with Crippen molar-refractivity contribution in [2.75, 3.05) is 0 Å². The zero-order chi connectivity index (χ0) is 9.10. The van der Waals surface area contributed by atoms with Gasteiger partial charge in [0, 0.05) is 5.38 Å². The number of thioether (sulfide) groups is 1. The summed E-state index contributed by atoms with van der Waals surface area (Å²) in [6.07, 6.45) is 0. The molecular formula is C6H7N5S2. The maximum atomic E-state index is 4.21. The maximum absolute atomic E-state index is 4.21. The third kappa shape index (κ3) is 2.04. The summed E-state index contributed by atoms with van der Waals surface area (Å²) in [6, 6.07) is 0. The van der Waals surface area contributed by atoms with Gasteiger partial charge >= 0.3 is 0 Å². The smallest absolute Gasteiger partial charge is 0.231 e. The molecule has 68 valence electrons. The Balaban J connectivity index is 2.04. The predicted molar refractivity (Wildman–Crippen MR) is 50.6 cm³/mol. The van der Waals surface area contributed by atoms with E-state index in [2.05, 4.69) is 32.5 Å². The molecule has 5 nitrogen and oxygen atoms in total. The molecule has 0 saturated carbocycles. The van der Waals surface area contributed by atoms with Crippen LogP contribution in [0, 0.1) is 0 Å². The van der Waals surface area contributed by atoms with Crippen molar-refractivity contribution < 1.29 is 0 Å². The van der Waals surface area contributed by atoms with E-state index in [1.54, 1.807) is 11.3 Å². The molecule has 0 aliphatic rings. The van der Waals surface area contributed by atoms with Crippen LogP contribution in [0.15, 0.2) is 16.0 Å². The molecule has 13 heavy (non-hydrogen) atoms. The van der Waals surface area contributed by atoms with Crippen molar-refractivity contribution in [2.45, 2.75) is 17.3 Å². The van der Waals surface area contributed by atoms with E-state index < -0.39 is 0 Å². The molecule has 1 atom stereocenters. The molecule has 0 amide bonds. The van der Waals surface area contributed by atoms with Crippen molar-refractivity contribution in [2.24, 2.45) is 0 Å². The van der Waals surface area contributed by atoms with Crippen molar-refractivity contribution >= 4 is 23.1 Å². The van der Waals surface area contributed by atoms with E-state index in [-0.39, 0.29) is 5.25 Å². The minimum atomic E-state index is 0.267. The van der Waals surface area contributed by atoms with Gasteiger partial charge in [-0.1, -0.05) is 11.8 Å². The minimum absolute atomic E-state index is 0.267. The molecule has 2 heterocycles. The van der Waals surface area contributed by atoms with Crippen molar-refractivity contribution in [3.63, 3.8) is 0 Å². The van der Waals surface area contributed by atoms with Crippen LogP contribution < -0.4 is 0 Å². The molecule has 2 rings (SSSR count). The second kappa shape index (κ2) is 3.84. The van der Waals surface area contributed by atoms with Crippen LogP contribution in [0.2, 0.25) is 0 Å². The first-order chi connectivity index (χ1) is 6.36. The summed E-state index contributed by atoms with van der Waals surface area (Å²) < 4.78 is 0. The van der Waals surface area contributed by atoms with Crippen molar-refractivity contribution in [1.82, 2.24) is 25.6 Å². The Morgan fingerprint density at radius 1 is 1.62 bits per heavy atom. The summed E-state index contributed by atoms with van der Waals surface area (Å²) in [4.78, 5) is 4.21. The van der Waals surface area contributed by atoms with Gasteiger partial charge < -0.3 is 0 Å². The Bertz CT molecular complexity index is 343. The fraction of sp³-hybridized carbons (Fsp3) is 0.333. The molecule has 0 aromatic carbocycles. The Hall–Kier alpha value is -0.950. The van der Waals surface area contributed by atoms with Crippen molar-refractivity contribution in [3.05, 3.63) is 16.6 Å². The molecule has 7 heteroatoms. The number of rotatable bonds is 3. The Morgan fingerprint density at radius 2 is 2.54 bits per heavy atom. The fourth-order valence-electron chi connectivity index (χ4n) is 0.844. The first-order valence-corrected chi connectivity index (χ1v) is 5.46. The molecule has 2 aromatic rings. The zero-order valence-corrected chi connectivity index (χ0v) is 8.47. The average Bonchev–Trinajstić information content (AvgIpc) is 2.74. The van der Waals surface area contributed by atoms with E-state index >= 15 is 0 Å². The summed E-state index contributed by atoms with van der Waals surface area (Å²) in [6.45, 7) is 2.07. The highest BCUT2D eigenvalue weighted by atomic mass is 32.2. The molecular weight excluding hydrogens is 206 g/mol. The summed E-state index contributed by atoms with van der Waals surface area (Å²) in [5.74, 6) is 0. The normalized spacial score (nSPS) is 13.0. The number of nitrogens with one attached hydrogen (secondary N) is 1. The lowest BCUT2D eigenvalue weighted by Gasteiger charge is -2.02. The third-order valence-corrected chi connectivity index (χ3v) is 3.06. The third-order valence-electron chi connectivity index (χ3n) is 1.48. The van der Waals surface area contributed by atoms with Crippen LogP contribution in [-0.4, -0.2) is 25.6 Å². The molecule has 1 N–H and O–H groups in total. The Kier molecular flexibility index (Phi) is 2.55. The molecule has 1 unspecified atom stereocenters. The van der Waals surface area contributed by atoms with Gasteiger partial charge in [-0.15, -0.1) is 21.5 Å². The summed E-state index contributed by atoms with van der Waals surface area (Å²) in [5.41, 5.74) is 2.88. The highest BCUT2D eigenvalue weighted by Crippen LogP contribution is 2.31. The number of hydrogen-bond donors (Lipinski definition) is 1. The number of thiazole rings is 1. The fourth-order valence-corrected chi connectivity index (χ4v) is 2.33. The number of tetrazole rings is 1. The molecule has 0 spiro atoms. The maximum Gasteiger partial charge on any atom is 0.231 e. The molecule has 0 aliphatic heterocycles. The lowest BCUT2D eigenvalue weighted by molar-refractivity contribution is 0.881. The summed E-state index contributed by atoms with van der Waals surface area (Å²) >= 11 is 3.13. The van der Waals surface area contributed by atoms with Gasteiger partial charge in [-0.3, -0.25) is 0 Å². The number of hydrogen-bond acceptors (Lipinski definition) is 6. The van der Waals surface area contributed by atoms with E-state index in [0.717, 1.165) is 5.69 Å². The van der Waals surface area contributed by atoms with Gasteiger partial charge in [0.25, 0.3) is 0 Å². The van der Waals surface area contributed by atoms with Crippen LogP contribution in [0.1, 0.15) is 17.9 Å². The van der Waals surface area contributed by atoms with Gasteiger partial charge in [-0.25, -0.2) is 4.98 Å². The van der Waals surface area contributed by atoms with Gasteiger partial charge in [0.1, 0.15) is 0 Å². The largest absolute Gasteiger partial charge is 0.249 e. The summed E-state index contributed by atoms with van der Waals surface area (Å²) in [5, 5.41) is 16.6. The number of H-pyrrole nitrogens is 1. The van der Waals surface area contributed by atoms with Gasteiger partial charge in [-0.2, -0.15) is 5.21 Å². The number of aromatic nitrogens is 5. The van der Waals surface area contributed by atoms with Crippen LogP contribution >= 0.6 is 23.1 Å². The van der Waals surface area contributed by atoms with Crippen LogP contribution in [0.5, 0.6) is 0 Å². The molecule has 2 aromatic heterocycles. The Morgan fingerprint density at radius 3 is 3.15 bits per heavy atom. The average molecular weight is 213 g/mol. The quantitative estimate of drug-likeness (QED) is 0.783. The van der Waals surface area contributed by atoms with E-state index in [0.29, 0.717) is 5.16 Å². The lowest BCUT2D eigenvalue weighted by atomic mass is 10.4. The van der Waals surface area contributed by atoms with E-state index in [4.69, 9.17) is 0 Å². The first kappa shape index (κ1) is 8.64. The van der Waals surface area contributed by atoms with Gasteiger partial charge in [0.2, 0.25) is 5.16 Å². The van der Waals surface area contributed by atoms with E-state index in [9.17, 15) is 0 Å². The molecule has 0 aliphatic carbocycles. The number of nitrogens with zero attached hydrogens (tertiary/aromatic N) is 4. The van der Waals surface area contributed by atoms with Crippen LogP contribution in [0.3, 0.4) is 0 Å². The zero-order valence-electron chi connectivity index (χ0n) is 6.84. The highest BCUT2D eigenvalue weighted by Gasteiger charge is 2.11. The molecule has 0 saturated heterocycles.